The average Bonchev–Trinajstić information content (AvgIpc) is 2.93. The molecule has 3 rings (SSSR count). The third kappa shape index (κ3) is 2.80. The molecule has 7 nitrogen and oxygen atoms in total. The summed E-state index contributed by atoms with van der Waals surface area (Å²) in [6.45, 7) is 0. The second kappa shape index (κ2) is 6.22. The maximum absolute atomic E-state index is 10.8. The number of nitrogens with zero attached hydrogens (tertiary/aromatic N) is 4. The van der Waals surface area contributed by atoms with Crippen LogP contribution in [0.3, 0.4) is 0 Å². The Hall–Kier alpha value is -3.66. The summed E-state index contributed by atoms with van der Waals surface area (Å²) in [5.74, 6) is -0.546. The molecule has 7 heteroatoms. The second-order valence-electron chi connectivity index (χ2n) is 5.05. The van der Waals surface area contributed by atoms with E-state index in [1.165, 1.54) is 12.1 Å². The lowest BCUT2D eigenvalue weighted by atomic mass is 10.2. The molecule has 0 aliphatic carbocycles. The van der Waals surface area contributed by atoms with Gasteiger partial charge in [0.15, 0.2) is 5.82 Å². The predicted octanol–water partition coefficient (Wildman–Crippen LogP) is 2.61. The topological polar surface area (TPSA) is 103 Å². The summed E-state index contributed by atoms with van der Waals surface area (Å²) < 4.78 is 1.80. The van der Waals surface area contributed by atoms with Crippen molar-refractivity contribution in [3.63, 3.8) is 0 Å². The highest BCUT2D eigenvalue weighted by molar-refractivity contribution is 6.11. The number of aryl methyl sites for hydroxylation is 1. The number of imidazole rings is 1. The number of carboxylic acids is 1. The third-order valence-corrected chi connectivity index (χ3v) is 3.53. The lowest BCUT2D eigenvalue weighted by Crippen LogP contribution is -2.09. The zero-order chi connectivity index (χ0) is 17.1. The molecule has 0 bridgehead atoms. The Kier molecular flexibility index (Phi) is 3.95. The Morgan fingerprint density at radius 3 is 2.58 bits per heavy atom. The number of hydrogen-bond acceptors (Lipinski definition) is 5. The standard InChI is InChI=1S/C17H13N5O2/c1-22-15-5-3-2-4-13(15)19-16(22)14(10-18)21-20-12-8-6-11(7-9-12)17(23)24/h2-9,20H,1H3,(H,23,24)/b21-14+. The van der Waals surface area contributed by atoms with Crippen LogP contribution in [0, 0.1) is 11.3 Å². The van der Waals surface area contributed by atoms with Crippen molar-refractivity contribution in [3.8, 4) is 6.07 Å². The van der Waals surface area contributed by atoms with Gasteiger partial charge >= 0.3 is 5.97 Å². The first-order valence-corrected chi connectivity index (χ1v) is 7.09. The van der Waals surface area contributed by atoms with Crippen LogP contribution in [0.2, 0.25) is 0 Å². The monoisotopic (exact) mass is 319 g/mol. The molecule has 118 valence electrons. The van der Waals surface area contributed by atoms with Gasteiger partial charge in [-0.25, -0.2) is 9.78 Å². The average molecular weight is 319 g/mol. The molecular formula is C17H13N5O2. The van der Waals surface area contributed by atoms with E-state index in [2.05, 4.69) is 15.5 Å². The molecule has 0 aliphatic heterocycles. The first-order valence-electron chi connectivity index (χ1n) is 7.09. The highest BCUT2D eigenvalue weighted by atomic mass is 16.4. The van der Waals surface area contributed by atoms with E-state index < -0.39 is 5.97 Å². The van der Waals surface area contributed by atoms with Gasteiger partial charge in [-0.3, -0.25) is 5.43 Å². The van der Waals surface area contributed by atoms with E-state index >= 15 is 0 Å². The van der Waals surface area contributed by atoms with Crippen LogP contribution in [0.25, 0.3) is 11.0 Å². The number of nitriles is 1. The summed E-state index contributed by atoms with van der Waals surface area (Å²) in [7, 11) is 1.82. The van der Waals surface area contributed by atoms with Gasteiger partial charge in [-0.1, -0.05) is 12.1 Å². The quantitative estimate of drug-likeness (QED) is 0.568. The van der Waals surface area contributed by atoms with Gasteiger partial charge in [-0.2, -0.15) is 10.4 Å². The van der Waals surface area contributed by atoms with Crippen LogP contribution in [0.5, 0.6) is 0 Å². The molecule has 0 saturated carbocycles. The Balaban J connectivity index is 1.90. The summed E-state index contributed by atoms with van der Waals surface area (Å²) in [5.41, 5.74) is 5.33. The number of aromatic carboxylic acids is 1. The van der Waals surface area contributed by atoms with Gasteiger partial charge < -0.3 is 9.67 Å². The molecular weight excluding hydrogens is 306 g/mol. The minimum absolute atomic E-state index is 0.135. The summed E-state index contributed by atoms with van der Waals surface area (Å²) in [6.07, 6.45) is 0. The molecule has 1 aromatic heterocycles. The number of fused-ring (bicyclic) bond motifs is 1. The molecule has 0 spiro atoms. The SMILES string of the molecule is Cn1c(/C(C#N)=N/Nc2ccc(C(=O)O)cc2)nc2ccccc21. The van der Waals surface area contributed by atoms with Crippen LogP contribution < -0.4 is 5.43 Å². The molecule has 2 N–H and O–H groups in total. The maximum atomic E-state index is 10.8. The van der Waals surface area contributed by atoms with E-state index in [9.17, 15) is 10.1 Å². The number of carboxylic acid groups (broad SMARTS) is 1. The molecule has 24 heavy (non-hydrogen) atoms. The number of nitrogens with one attached hydrogen (secondary N) is 1. The van der Waals surface area contributed by atoms with E-state index in [0.29, 0.717) is 11.5 Å². The van der Waals surface area contributed by atoms with E-state index in [1.807, 2.05) is 37.4 Å². The molecule has 3 aromatic rings. The van der Waals surface area contributed by atoms with E-state index in [0.717, 1.165) is 11.0 Å². The number of hydrogen-bond donors (Lipinski definition) is 2. The van der Waals surface area contributed by atoms with E-state index in [-0.39, 0.29) is 11.3 Å². The number of aromatic nitrogens is 2. The van der Waals surface area contributed by atoms with Crippen molar-refractivity contribution in [2.24, 2.45) is 12.1 Å². The van der Waals surface area contributed by atoms with Gasteiger partial charge in [0.25, 0.3) is 0 Å². The zero-order valence-electron chi connectivity index (χ0n) is 12.8. The molecule has 0 saturated heterocycles. The molecule has 0 fully saturated rings. The molecule has 0 unspecified atom stereocenters. The third-order valence-electron chi connectivity index (χ3n) is 3.53. The predicted molar refractivity (Wildman–Crippen MR) is 89.9 cm³/mol. The lowest BCUT2D eigenvalue weighted by Gasteiger charge is -2.03. The molecule has 0 aliphatic rings. The number of para-hydroxylation sites is 2. The first-order chi connectivity index (χ1) is 11.6. The molecule has 1 heterocycles. The van der Waals surface area contributed by atoms with Gasteiger partial charge in [0.2, 0.25) is 5.71 Å². The fourth-order valence-electron chi connectivity index (χ4n) is 2.29. The minimum atomic E-state index is -0.998. The van der Waals surface area contributed by atoms with Gasteiger partial charge in [0, 0.05) is 7.05 Å². The summed E-state index contributed by atoms with van der Waals surface area (Å²) in [6, 6.07) is 15.7. The van der Waals surface area contributed by atoms with Crippen molar-refractivity contribution in [2.75, 3.05) is 5.43 Å². The highest BCUT2D eigenvalue weighted by Gasteiger charge is 2.13. The summed E-state index contributed by atoms with van der Waals surface area (Å²) in [5, 5.41) is 22.3. The number of rotatable bonds is 4. The Bertz CT molecular complexity index is 980. The maximum Gasteiger partial charge on any atom is 0.335 e. The molecule has 0 amide bonds. The van der Waals surface area contributed by atoms with Gasteiger partial charge in [0.1, 0.15) is 6.07 Å². The van der Waals surface area contributed by atoms with Crippen LogP contribution in [0.4, 0.5) is 5.69 Å². The fourth-order valence-corrected chi connectivity index (χ4v) is 2.29. The van der Waals surface area contributed by atoms with Crippen molar-refractivity contribution in [1.82, 2.24) is 9.55 Å². The van der Waals surface area contributed by atoms with Gasteiger partial charge in [0.05, 0.1) is 22.3 Å². The minimum Gasteiger partial charge on any atom is -0.478 e. The van der Waals surface area contributed by atoms with Crippen LogP contribution >= 0.6 is 0 Å². The van der Waals surface area contributed by atoms with E-state index in [4.69, 9.17) is 5.11 Å². The van der Waals surface area contributed by atoms with Crippen LogP contribution in [-0.2, 0) is 7.05 Å². The number of hydrazone groups is 1. The van der Waals surface area contributed by atoms with Crippen molar-refractivity contribution in [1.29, 1.82) is 5.26 Å². The summed E-state index contributed by atoms with van der Waals surface area (Å²) >= 11 is 0. The fraction of sp³-hybridized carbons (Fsp3) is 0.0588. The van der Waals surface area contributed by atoms with Crippen molar-refractivity contribution < 1.29 is 9.90 Å². The normalized spacial score (nSPS) is 11.2. The Labute approximate surface area is 137 Å². The van der Waals surface area contributed by atoms with E-state index in [1.54, 1.807) is 16.7 Å². The largest absolute Gasteiger partial charge is 0.478 e. The van der Waals surface area contributed by atoms with Crippen LogP contribution in [0.1, 0.15) is 16.2 Å². The summed E-state index contributed by atoms with van der Waals surface area (Å²) in [4.78, 5) is 15.3. The van der Waals surface area contributed by atoms with Gasteiger partial charge in [-0.15, -0.1) is 0 Å². The molecule has 2 aromatic carbocycles. The Morgan fingerprint density at radius 2 is 1.96 bits per heavy atom. The number of benzene rings is 2. The molecule has 0 atom stereocenters. The van der Waals surface area contributed by atoms with Crippen molar-refractivity contribution >= 4 is 28.4 Å². The highest BCUT2D eigenvalue weighted by Crippen LogP contribution is 2.15. The zero-order valence-corrected chi connectivity index (χ0v) is 12.8. The van der Waals surface area contributed by atoms with Crippen molar-refractivity contribution in [3.05, 3.63) is 59.9 Å². The van der Waals surface area contributed by atoms with Crippen molar-refractivity contribution in [2.45, 2.75) is 0 Å². The Morgan fingerprint density at radius 1 is 1.25 bits per heavy atom. The molecule has 0 radical (unpaired) electrons. The number of anilines is 1. The first kappa shape index (κ1) is 15.2. The van der Waals surface area contributed by atoms with Crippen LogP contribution in [-0.4, -0.2) is 26.3 Å². The lowest BCUT2D eigenvalue weighted by molar-refractivity contribution is 0.0697. The number of carbonyl (C=O) groups is 1. The smallest absolute Gasteiger partial charge is 0.335 e. The second-order valence-corrected chi connectivity index (χ2v) is 5.05. The van der Waals surface area contributed by atoms with Crippen LogP contribution in [0.15, 0.2) is 53.6 Å². The van der Waals surface area contributed by atoms with Gasteiger partial charge in [-0.05, 0) is 36.4 Å².